The molecule has 0 saturated carbocycles. The van der Waals surface area contributed by atoms with E-state index in [9.17, 15) is 24.5 Å². The van der Waals surface area contributed by atoms with Gasteiger partial charge in [0, 0.05) is 12.1 Å². The van der Waals surface area contributed by atoms with Gasteiger partial charge >= 0.3 is 6.09 Å². The average molecular weight is 683 g/mol. The minimum atomic E-state index is -2.28. The van der Waals surface area contributed by atoms with E-state index in [1.807, 2.05) is 18.2 Å². The SMILES string of the molecule is CC(C)(C)OC(=O)N1C(=O)C(C(=O)C=Cc2ccc(O[Si](C)(C)C(C)(C)C)c(O[Si](C)(C)C(C)(C)C)c2)Cc2cc([N+](=O)[O-])ccc21. The smallest absolute Gasteiger partial charge is 0.421 e. The van der Waals surface area contributed by atoms with Crippen LogP contribution in [0.25, 0.3) is 6.08 Å². The van der Waals surface area contributed by atoms with Gasteiger partial charge in [0.05, 0.1) is 10.6 Å². The summed E-state index contributed by atoms with van der Waals surface area (Å²) in [6.45, 7) is 26.6. The molecular formula is C35H50N2O8Si2. The molecule has 2 aromatic rings. The molecule has 2 aromatic carbocycles. The molecule has 256 valence electrons. The van der Waals surface area contributed by atoms with Gasteiger partial charge in [-0.05, 0) is 98.9 Å². The van der Waals surface area contributed by atoms with Gasteiger partial charge in [0.25, 0.3) is 22.3 Å². The number of carbonyl (C=O) groups excluding carboxylic acids is 3. The van der Waals surface area contributed by atoms with Crippen molar-refractivity contribution in [2.24, 2.45) is 5.92 Å². The minimum absolute atomic E-state index is 0.0367. The van der Waals surface area contributed by atoms with Crippen LogP contribution in [0.3, 0.4) is 0 Å². The van der Waals surface area contributed by atoms with Crippen molar-refractivity contribution in [2.75, 3.05) is 4.90 Å². The molecule has 1 aliphatic heterocycles. The Labute approximate surface area is 280 Å². The fraction of sp³-hybridized carbons (Fsp3) is 0.514. The number of nitro groups is 1. The number of ketones is 1. The van der Waals surface area contributed by atoms with Crippen molar-refractivity contribution in [2.45, 2.75) is 111 Å². The third-order valence-electron chi connectivity index (χ3n) is 9.13. The van der Waals surface area contributed by atoms with E-state index in [1.54, 1.807) is 26.8 Å². The highest BCUT2D eigenvalue weighted by Crippen LogP contribution is 2.44. The summed E-state index contributed by atoms with van der Waals surface area (Å²) in [6.07, 6.45) is 1.85. The molecular weight excluding hydrogens is 633 g/mol. The number of fused-ring (bicyclic) bond motifs is 1. The summed E-state index contributed by atoms with van der Waals surface area (Å²) in [7, 11) is -4.49. The molecule has 0 aromatic heterocycles. The lowest BCUT2D eigenvalue weighted by Gasteiger charge is -2.39. The molecule has 0 N–H and O–H groups in total. The number of hydrogen-bond donors (Lipinski definition) is 0. The van der Waals surface area contributed by atoms with Crippen molar-refractivity contribution in [1.82, 2.24) is 0 Å². The Hall–Kier alpha value is -3.78. The Morgan fingerprint density at radius 1 is 0.872 bits per heavy atom. The highest BCUT2D eigenvalue weighted by atomic mass is 28.4. The monoisotopic (exact) mass is 682 g/mol. The first-order chi connectivity index (χ1) is 21.2. The van der Waals surface area contributed by atoms with Crippen LogP contribution in [0.5, 0.6) is 11.5 Å². The average Bonchev–Trinajstić information content (AvgIpc) is 2.89. The Bertz CT molecular complexity index is 1590. The molecule has 0 bridgehead atoms. The highest BCUT2D eigenvalue weighted by Gasteiger charge is 2.43. The minimum Gasteiger partial charge on any atom is -0.541 e. The van der Waals surface area contributed by atoms with E-state index in [1.165, 1.54) is 24.3 Å². The summed E-state index contributed by atoms with van der Waals surface area (Å²) in [5, 5.41) is 11.4. The van der Waals surface area contributed by atoms with Crippen LogP contribution in [0.15, 0.2) is 42.5 Å². The zero-order valence-corrected chi connectivity index (χ0v) is 32.1. The van der Waals surface area contributed by atoms with E-state index in [0.717, 1.165) is 4.90 Å². The molecule has 0 saturated heterocycles. The lowest BCUT2D eigenvalue weighted by Crippen LogP contribution is -2.49. The van der Waals surface area contributed by atoms with Crippen LogP contribution in [0.4, 0.5) is 16.2 Å². The fourth-order valence-electron chi connectivity index (χ4n) is 4.31. The van der Waals surface area contributed by atoms with Crippen LogP contribution in [0, 0.1) is 16.0 Å². The third-order valence-corrected chi connectivity index (χ3v) is 17.8. The van der Waals surface area contributed by atoms with Gasteiger partial charge in [0.2, 0.25) is 5.91 Å². The molecule has 47 heavy (non-hydrogen) atoms. The summed E-state index contributed by atoms with van der Waals surface area (Å²) >= 11 is 0. The van der Waals surface area contributed by atoms with E-state index in [2.05, 4.69) is 67.7 Å². The summed E-state index contributed by atoms with van der Waals surface area (Å²) < 4.78 is 18.9. The van der Waals surface area contributed by atoms with Gasteiger partial charge in [-0.2, -0.15) is 0 Å². The maximum Gasteiger partial charge on any atom is 0.421 e. The molecule has 0 aliphatic carbocycles. The van der Waals surface area contributed by atoms with Crippen molar-refractivity contribution in [1.29, 1.82) is 0 Å². The van der Waals surface area contributed by atoms with E-state index >= 15 is 0 Å². The van der Waals surface area contributed by atoms with Crippen LogP contribution in [-0.2, 0) is 20.7 Å². The predicted octanol–water partition coefficient (Wildman–Crippen LogP) is 9.09. The van der Waals surface area contributed by atoms with Crippen LogP contribution in [-0.4, -0.2) is 44.9 Å². The zero-order valence-electron chi connectivity index (χ0n) is 30.1. The number of rotatable bonds is 8. The van der Waals surface area contributed by atoms with Crippen LogP contribution < -0.4 is 13.8 Å². The number of ether oxygens (including phenoxy) is 1. The zero-order chi connectivity index (χ0) is 35.9. The number of nitrogens with zero attached hydrogens (tertiary/aromatic N) is 2. The molecule has 0 radical (unpaired) electrons. The van der Waals surface area contributed by atoms with E-state index in [-0.39, 0.29) is 27.9 Å². The molecule has 0 fully saturated rings. The number of hydrogen-bond acceptors (Lipinski definition) is 8. The summed E-state index contributed by atoms with van der Waals surface area (Å²) in [5.74, 6) is -1.33. The largest absolute Gasteiger partial charge is 0.541 e. The molecule has 0 spiro atoms. The molecule has 10 nitrogen and oxygen atoms in total. The van der Waals surface area contributed by atoms with Gasteiger partial charge in [-0.15, -0.1) is 0 Å². The van der Waals surface area contributed by atoms with Crippen molar-refractivity contribution >= 4 is 51.9 Å². The van der Waals surface area contributed by atoms with Crippen LogP contribution in [0.2, 0.25) is 36.3 Å². The number of non-ortho nitro benzene ring substituents is 1. The second kappa shape index (κ2) is 13.0. The maximum atomic E-state index is 13.7. The topological polar surface area (TPSA) is 125 Å². The Kier molecular flexibility index (Phi) is 10.4. The summed E-state index contributed by atoms with van der Waals surface area (Å²) in [5.41, 5.74) is 0.0252. The Morgan fingerprint density at radius 2 is 1.43 bits per heavy atom. The summed E-state index contributed by atoms with van der Waals surface area (Å²) in [6, 6.07) is 9.38. The van der Waals surface area contributed by atoms with E-state index in [4.69, 9.17) is 13.6 Å². The Balaban J connectivity index is 2.02. The number of nitro benzene ring substituents is 1. The van der Waals surface area contributed by atoms with Gasteiger partial charge < -0.3 is 13.6 Å². The summed E-state index contributed by atoms with van der Waals surface area (Å²) in [4.78, 5) is 52.2. The standard InChI is InChI=1S/C35H50N2O8Si2/c1-33(2,3)43-32(40)36-27-17-16-25(37(41)42)21-24(27)22-26(31(36)39)28(38)18-14-23-15-19-29(44-46(10,11)34(4,5)6)30(20-23)45-47(12,13)35(7,8)9/h14-21,26H,22H2,1-13H3. The molecule has 1 atom stereocenters. The molecule has 1 heterocycles. The highest BCUT2D eigenvalue weighted by molar-refractivity contribution is 6.75. The fourth-order valence-corrected chi connectivity index (χ4v) is 6.35. The van der Waals surface area contributed by atoms with Gasteiger partial charge in [-0.1, -0.05) is 53.7 Å². The second-order valence-electron chi connectivity index (χ2n) is 16.1. The normalized spacial score (nSPS) is 16.1. The van der Waals surface area contributed by atoms with Gasteiger partial charge in [-0.25, -0.2) is 9.69 Å². The second-order valence-corrected chi connectivity index (χ2v) is 25.6. The first-order valence-corrected chi connectivity index (χ1v) is 21.6. The molecule has 1 unspecified atom stereocenters. The molecule has 12 heteroatoms. The van der Waals surface area contributed by atoms with Gasteiger partial charge in [0.15, 0.2) is 5.78 Å². The number of anilines is 1. The quantitative estimate of drug-likeness (QED) is 0.0888. The Morgan fingerprint density at radius 3 is 1.94 bits per heavy atom. The van der Waals surface area contributed by atoms with Crippen molar-refractivity contribution in [3.05, 3.63) is 63.7 Å². The number of allylic oxidation sites excluding steroid dienone is 1. The first-order valence-electron chi connectivity index (χ1n) is 15.8. The van der Waals surface area contributed by atoms with Crippen molar-refractivity contribution in [3.63, 3.8) is 0 Å². The number of benzene rings is 2. The number of carbonyl (C=O) groups is 3. The lowest BCUT2D eigenvalue weighted by molar-refractivity contribution is -0.384. The van der Waals surface area contributed by atoms with Gasteiger partial charge in [0.1, 0.15) is 23.0 Å². The van der Waals surface area contributed by atoms with Gasteiger partial charge in [-0.3, -0.25) is 19.7 Å². The molecule has 1 aliphatic rings. The van der Waals surface area contributed by atoms with Crippen molar-refractivity contribution in [3.8, 4) is 11.5 Å². The molecule has 2 amide bonds. The van der Waals surface area contributed by atoms with E-state index in [0.29, 0.717) is 22.6 Å². The molecule has 3 rings (SSSR count). The number of imide groups is 1. The predicted molar refractivity (Wildman–Crippen MR) is 190 cm³/mol. The van der Waals surface area contributed by atoms with Crippen molar-refractivity contribution < 1.29 is 32.9 Å². The van der Waals surface area contributed by atoms with Crippen LogP contribution in [0.1, 0.15) is 73.4 Å². The first kappa shape index (κ1) is 37.7. The third kappa shape index (κ3) is 8.78. The van der Waals surface area contributed by atoms with E-state index < -0.39 is 50.9 Å². The van der Waals surface area contributed by atoms with Crippen LogP contribution >= 0.6 is 0 Å². The number of amides is 2. The lowest BCUT2D eigenvalue weighted by atomic mass is 9.88. The maximum absolute atomic E-state index is 13.7.